The van der Waals surface area contributed by atoms with Crippen molar-refractivity contribution in [1.29, 1.82) is 0 Å². The summed E-state index contributed by atoms with van der Waals surface area (Å²) in [6.07, 6.45) is 5.81. The number of hydrogen-bond donors (Lipinski definition) is 1. The number of nitrogens with zero attached hydrogens (tertiary/aromatic N) is 3. The molecule has 1 saturated heterocycles. The van der Waals surface area contributed by atoms with E-state index in [1.807, 2.05) is 48.4 Å². The van der Waals surface area contributed by atoms with Gasteiger partial charge in [-0.15, -0.1) is 0 Å². The van der Waals surface area contributed by atoms with E-state index in [-0.39, 0.29) is 5.91 Å². The third kappa shape index (κ3) is 5.56. The van der Waals surface area contributed by atoms with Gasteiger partial charge in [0.25, 0.3) is 5.91 Å². The number of nitrogens with one attached hydrogen (secondary N) is 1. The Bertz CT molecular complexity index is 994. The molecule has 1 N–H and O–H groups in total. The summed E-state index contributed by atoms with van der Waals surface area (Å²) in [7, 11) is 0. The Hall–Kier alpha value is -3.05. The molecule has 0 spiro atoms. The molecule has 160 valence electrons. The Labute approximate surface area is 184 Å². The molecule has 1 aliphatic heterocycles. The summed E-state index contributed by atoms with van der Waals surface area (Å²) in [5.41, 5.74) is 5.96. The van der Waals surface area contributed by atoms with Crippen molar-refractivity contribution in [2.75, 3.05) is 26.2 Å². The minimum Gasteiger partial charge on any atom is -0.337 e. The minimum atomic E-state index is 0.104. The highest BCUT2D eigenvalue weighted by Crippen LogP contribution is 2.20. The van der Waals surface area contributed by atoms with Gasteiger partial charge in [0.15, 0.2) is 0 Å². The topological polar surface area (TPSA) is 58.1 Å². The van der Waals surface area contributed by atoms with Crippen molar-refractivity contribution < 1.29 is 4.79 Å². The van der Waals surface area contributed by atoms with Crippen LogP contribution < -0.4 is 5.32 Å². The Morgan fingerprint density at radius 3 is 2.61 bits per heavy atom. The summed E-state index contributed by atoms with van der Waals surface area (Å²) < 4.78 is 0. The first-order valence-corrected chi connectivity index (χ1v) is 11.2. The van der Waals surface area contributed by atoms with E-state index in [0.29, 0.717) is 0 Å². The second-order valence-corrected chi connectivity index (χ2v) is 8.10. The first-order chi connectivity index (χ1) is 15.2. The average Bonchev–Trinajstić information content (AvgIpc) is 3.10. The zero-order chi connectivity index (χ0) is 21.5. The van der Waals surface area contributed by atoms with Gasteiger partial charge >= 0.3 is 0 Å². The molecule has 5 nitrogen and oxygen atoms in total. The van der Waals surface area contributed by atoms with Gasteiger partial charge in [-0.25, -0.2) is 4.98 Å². The van der Waals surface area contributed by atoms with Gasteiger partial charge in [0.2, 0.25) is 0 Å². The van der Waals surface area contributed by atoms with E-state index in [0.717, 1.165) is 80.1 Å². The first-order valence-electron chi connectivity index (χ1n) is 11.2. The van der Waals surface area contributed by atoms with E-state index in [1.165, 1.54) is 5.56 Å². The molecule has 1 amide bonds. The number of benzene rings is 2. The minimum absolute atomic E-state index is 0.104. The van der Waals surface area contributed by atoms with E-state index in [9.17, 15) is 4.79 Å². The van der Waals surface area contributed by atoms with Crippen molar-refractivity contribution in [1.82, 2.24) is 20.2 Å². The first kappa shape index (κ1) is 21.2. The molecule has 31 heavy (non-hydrogen) atoms. The summed E-state index contributed by atoms with van der Waals surface area (Å²) in [5, 5.41) is 3.34. The molecule has 3 aromatic rings. The lowest BCUT2D eigenvalue weighted by molar-refractivity contribution is 0.0766. The van der Waals surface area contributed by atoms with Crippen LogP contribution in [0.15, 0.2) is 60.8 Å². The van der Waals surface area contributed by atoms with Gasteiger partial charge in [0.05, 0.1) is 23.3 Å². The number of carbonyl (C=O) groups is 1. The van der Waals surface area contributed by atoms with Crippen LogP contribution in [-0.4, -0.2) is 47.0 Å². The smallest absolute Gasteiger partial charge is 0.253 e. The molecule has 1 fully saturated rings. The summed E-state index contributed by atoms with van der Waals surface area (Å²) in [6.45, 7) is 5.42. The Balaban J connectivity index is 1.43. The highest BCUT2D eigenvalue weighted by atomic mass is 16.2. The fourth-order valence-corrected chi connectivity index (χ4v) is 3.98. The Kier molecular flexibility index (Phi) is 7.05. The van der Waals surface area contributed by atoms with Crippen LogP contribution in [0, 0.1) is 6.92 Å². The van der Waals surface area contributed by atoms with E-state index >= 15 is 0 Å². The van der Waals surface area contributed by atoms with Gasteiger partial charge in [0, 0.05) is 30.8 Å². The lowest BCUT2D eigenvalue weighted by Crippen LogP contribution is -2.34. The van der Waals surface area contributed by atoms with Gasteiger partial charge < -0.3 is 10.2 Å². The Morgan fingerprint density at radius 1 is 1.00 bits per heavy atom. The van der Waals surface area contributed by atoms with E-state index < -0.39 is 0 Å². The largest absolute Gasteiger partial charge is 0.337 e. The zero-order valence-electron chi connectivity index (χ0n) is 18.2. The van der Waals surface area contributed by atoms with Gasteiger partial charge in [-0.3, -0.25) is 9.78 Å². The fraction of sp³-hybridized carbons (Fsp3) is 0.346. The van der Waals surface area contributed by atoms with Crippen molar-refractivity contribution in [3.8, 4) is 11.3 Å². The summed E-state index contributed by atoms with van der Waals surface area (Å²) >= 11 is 0. The quantitative estimate of drug-likeness (QED) is 0.661. The van der Waals surface area contributed by atoms with Crippen molar-refractivity contribution >= 4 is 5.91 Å². The molecule has 4 rings (SSSR count). The van der Waals surface area contributed by atoms with Crippen LogP contribution in [0.2, 0.25) is 0 Å². The lowest BCUT2D eigenvalue weighted by Gasteiger charge is -2.20. The lowest BCUT2D eigenvalue weighted by atomic mass is 10.1. The third-order valence-electron chi connectivity index (χ3n) is 5.83. The molecule has 1 aromatic heterocycles. The number of aromatic nitrogens is 2. The predicted octanol–water partition coefficient (Wildman–Crippen LogP) is 4.06. The molecule has 0 radical (unpaired) electrons. The molecular weight excluding hydrogens is 384 g/mol. The predicted molar refractivity (Wildman–Crippen MR) is 124 cm³/mol. The highest BCUT2D eigenvalue weighted by molar-refractivity contribution is 5.94. The molecule has 2 heterocycles. The molecule has 0 aliphatic carbocycles. The van der Waals surface area contributed by atoms with E-state index in [1.54, 1.807) is 0 Å². The van der Waals surface area contributed by atoms with Crippen LogP contribution >= 0.6 is 0 Å². The second kappa shape index (κ2) is 10.3. The number of rotatable bonds is 6. The van der Waals surface area contributed by atoms with Crippen molar-refractivity contribution in [3.05, 3.63) is 83.3 Å². The molecule has 1 aliphatic rings. The Morgan fingerprint density at radius 2 is 1.81 bits per heavy atom. The molecular formula is C26H30N4O. The van der Waals surface area contributed by atoms with Crippen LogP contribution in [-0.2, 0) is 12.8 Å². The molecule has 0 bridgehead atoms. The van der Waals surface area contributed by atoms with Gasteiger partial charge in [-0.2, -0.15) is 0 Å². The molecule has 0 atom stereocenters. The normalized spacial score (nSPS) is 14.3. The summed E-state index contributed by atoms with van der Waals surface area (Å²) in [5.74, 6) is 0.104. The highest BCUT2D eigenvalue weighted by Gasteiger charge is 2.17. The van der Waals surface area contributed by atoms with Crippen LogP contribution in [0.25, 0.3) is 11.3 Å². The maximum Gasteiger partial charge on any atom is 0.253 e. The van der Waals surface area contributed by atoms with Crippen LogP contribution in [0.3, 0.4) is 0 Å². The summed E-state index contributed by atoms with van der Waals surface area (Å²) in [4.78, 5) is 24.2. The zero-order valence-corrected chi connectivity index (χ0v) is 18.2. The fourth-order valence-electron chi connectivity index (χ4n) is 3.98. The van der Waals surface area contributed by atoms with Crippen molar-refractivity contribution in [3.63, 3.8) is 0 Å². The maximum absolute atomic E-state index is 12.8. The number of hydrogen-bond acceptors (Lipinski definition) is 4. The van der Waals surface area contributed by atoms with Gasteiger partial charge in [0.1, 0.15) is 0 Å². The van der Waals surface area contributed by atoms with E-state index in [4.69, 9.17) is 4.98 Å². The van der Waals surface area contributed by atoms with Gasteiger partial charge in [-0.05, 0) is 56.8 Å². The SMILES string of the molecule is Cc1ncc(-c2ccc(C(=O)N3CCCNCC3)cc2)nc1CCCc1ccccc1. The van der Waals surface area contributed by atoms with E-state index in [2.05, 4.69) is 34.6 Å². The summed E-state index contributed by atoms with van der Waals surface area (Å²) in [6, 6.07) is 18.3. The maximum atomic E-state index is 12.8. The number of aryl methyl sites for hydroxylation is 3. The van der Waals surface area contributed by atoms with Gasteiger partial charge in [-0.1, -0.05) is 42.5 Å². The van der Waals surface area contributed by atoms with Crippen molar-refractivity contribution in [2.45, 2.75) is 32.6 Å². The standard InChI is InChI=1S/C26H30N4O/c1-20-24(10-5-9-21-7-3-2-4-8-21)29-25(19-28-20)22-11-13-23(14-12-22)26(31)30-17-6-15-27-16-18-30/h2-4,7-8,11-14,19,27H,5-6,9-10,15-18H2,1H3. The molecule has 5 heteroatoms. The monoisotopic (exact) mass is 414 g/mol. The van der Waals surface area contributed by atoms with Crippen LogP contribution in [0.4, 0.5) is 0 Å². The molecule has 2 aromatic carbocycles. The number of carbonyl (C=O) groups excluding carboxylic acids is 1. The van der Waals surface area contributed by atoms with Crippen molar-refractivity contribution in [2.24, 2.45) is 0 Å². The molecule has 0 saturated carbocycles. The third-order valence-corrected chi connectivity index (χ3v) is 5.83. The van der Waals surface area contributed by atoms with Crippen LogP contribution in [0.1, 0.15) is 40.2 Å². The second-order valence-electron chi connectivity index (χ2n) is 8.10. The number of amides is 1. The molecule has 0 unspecified atom stereocenters. The van der Waals surface area contributed by atoms with Crippen LogP contribution in [0.5, 0.6) is 0 Å². The average molecular weight is 415 g/mol.